The number of carbonyl (C=O) groups is 2. The SMILES string of the molecule is COC(=O)[C@@H]1CC[C@H]2CCc3nc(F)ccc3C(=O)N2C1. The summed E-state index contributed by atoms with van der Waals surface area (Å²) in [6.45, 7) is 0.368. The molecule has 1 aromatic heterocycles. The maximum absolute atomic E-state index is 13.2. The molecule has 21 heavy (non-hydrogen) atoms. The number of hydrogen-bond donors (Lipinski definition) is 0. The minimum atomic E-state index is -0.561. The Morgan fingerprint density at radius 3 is 2.95 bits per heavy atom. The molecule has 3 heterocycles. The number of hydrogen-bond acceptors (Lipinski definition) is 4. The first-order valence-corrected chi connectivity index (χ1v) is 7.14. The highest BCUT2D eigenvalue weighted by molar-refractivity contribution is 5.96. The minimum absolute atomic E-state index is 0.0932. The van der Waals surface area contributed by atoms with Crippen molar-refractivity contribution in [2.24, 2.45) is 5.92 Å². The van der Waals surface area contributed by atoms with Gasteiger partial charge in [0.05, 0.1) is 24.3 Å². The molecule has 1 aromatic rings. The lowest BCUT2D eigenvalue weighted by atomic mass is 9.91. The lowest BCUT2D eigenvalue weighted by Gasteiger charge is -2.37. The third-order valence-corrected chi connectivity index (χ3v) is 4.39. The summed E-state index contributed by atoms with van der Waals surface area (Å²) in [5.41, 5.74) is 0.966. The van der Waals surface area contributed by atoms with E-state index in [-0.39, 0.29) is 23.8 Å². The maximum atomic E-state index is 13.2. The van der Waals surface area contributed by atoms with E-state index in [4.69, 9.17) is 4.74 Å². The zero-order valence-corrected chi connectivity index (χ0v) is 11.8. The zero-order valence-electron chi connectivity index (χ0n) is 11.8. The smallest absolute Gasteiger partial charge is 0.310 e. The molecule has 1 saturated heterocycles. The van der Waals surface area contributed by atoms with Crippen LogP contribution in [-0.2, 0) is 16.0 Å². The van der Waals surface area contributed by atoms with Gasteiger partial charge in [-0.25, -0.2) is 4.98 Å². The monoisotopic (exact) mass is 292 g/mol. The topological polar surface area (TPSA) is 59.5 Å². The van der Waals surface area contributed by atoms with E-state index in [2.05, 4.69) is 4.98 Å². The third-order valence-electron chi connectivity index (χ3n) is 4.39. The number of ether oxygens (including phenoxy) is 1. The summed E-state index contributed by atoms with van der Waals surface area (Å²) in [4.78, 5) is 29.9. The minimum Gasteiger partial charge on any atom is -0.469 e. The molecular weight excluding hydrogens is 275 g/mol. The summed E-state index contributed by atoms with van der Waals surface area (Å²) in [6, 6.07) is 2.79. The van der Waals surface area contributed by atoms with Gasteiger partial charge in [-0.2, -0.15) is 4.39 Å². The molecule has 0 aliphatic carbocycles. The predicted molar refractivity (Wildman–Crippen MR) is 72.1 cm³/mol. The van der Waals surface area contributed by atoms with Crippen LogP contribution in [0.5, 0.6) is 0 Å². The van der Waals surface area contributed by atoms with E-state index in [1.807, 2.05) is 0 Å². The van der Waals surface area contributed by atoms with Gasteiger partial charge in [-0.3, -0.25) is 9.59 Å². The second-order valence-electron chi connectivity index (χ2n) is 5.58. The molecule has 3 rings (SSSR count). The predicted octanol–water partition coefficient (Wildman–Crippen LogP) is 1.56. The van der Waals surface area contributed by atoms with E-state index in [0.717, 1.165) is 19.3 Å². The molecule has 6 heteroatoms. The second kappa shape index (κ2) is 5.42. The average molecular weight is 292 g/mol. The number of esters is 1. The first-order valence-electron chi connectivity index (χ1n) is 7.14. The normalized spacial score (nSPS) is 24.9. The Labute approximate surface area is 122 Å². The van der Waals surface area contributed by atoms with Gasteiger partial charge in [0.15, 0.2) is 0 Å². The molecule has 1 amide bonds. The Morgan fingerprint density at radius 1 is 1.38 bits per heavy atom. The van der Waals surface area contributed by atoms with Crippen molar-refractivity contribution in [2.75, 3.05) is 13.7 Å². The molecule has 0 N–H and O–H groups in total. The van der Waals surface area contributed by atoms with Crippen molar-refractivity contribution in [3.63, 3.8) is 0 Å². The molecule has 2 aliphatic rings. The molecule has 0 bridgehead atoms. The van der Waals surface area contributed by atoms with E-state index in [1.165, 1.54) is 19.2 Å². The van der Waals surface area contributed by atoms with Gasteiger partial charge < -0.3 is 9.64 Å². The lowest BCUT2D eigenvalue weighted by molar-refractivity contribution is -0.147. The van der Waals surface area contributed by atoms with Crippen LogP contribution in [0.1, 0.15) is 35.3 Å². The number of aromatic nitrogens is 1. The fourth-order valence-electron chi connectivity index (χ4n) is 3.25. The Balaban J connectivity index is 1.89. The van der Waals surface area contributed by atoms with Gasteiger partial charge in [-0.05, 0) is 37.8 Å². The average Bonchev–Trinajstić information content (AvgIpc) is 2.63. The molecule has 0 radical (unpaired) electrons. The summed E-state index contributed by atoms with van der Waals surface area (Å²) in [6.07, 6.45) is 2.83. The van der Waals surface area contributed by atoms with Crippen LogP contribution in [0.3, 0.4) is 0 Å². The third kappa shape index (κ3) is 2.50. The number of pyridine rings is 1. The summed E-state index contributed by atoms with van der Waals surface area (Å²) < 4.78 is 18.0. The van der Waals surface area contributed by atoms with Crippen molar-refractivity contribution >= 4 is 11.9 Å². The van der Waals surface area contributed by atoms with E-state index < -0.39 is 5.95 Å². The summed E-state index contributed by atoms with van der Waals surface area (Å²) in [7, 11) is 1.36. The highest BCUT2D eigenvalue weighted by atomic mass is 19.1. The van der Waals surface area contributed by atoms with Crippen LogP contribution in [0.2, 0.25) is 0 Å². The molecule has 5 nitrogen and oxygen atoms in total. The van der Waals surface area contributed by atoms with Crippen LogP contribution in [0, 0.1) is 11.9 Å². The van der Waals surface area contributed by atoms with Crippen LogP contribution < -0.4 is 0 Å². The lowest BCUT2D eigenvalue weighted by Crippen LogP contribution is -2.48. The summed E-state index contributed by atoms with van der Waals surface area (Å²) in [5, 5.41) is 0. The van der Waals surface area contributed by atoms with Crippen molar-refractivity contribution in [1.29, 1.82) is 0 Å². The van der Waals surface area contributed by atoms with Crippen LogP contribution in [0.4, 0.5) is 4.39 Å². The number of rotatable bonds is 1. The first-order chi connectivity index (χ1) is 10.1. The number of piperidine rings is 1. The number of nitrogens with zero attached hydrogens (tertiary/aromatic N) is 2. The van der Waals surface area contributed by atoms with Crippen molar-refractivity contribution in [2.45, 2.75) is 31.7 Å². The van der Waals surface area contributed by atoms with Gasteiger partial charge in [-0.15, -0.1) is 0 Å². The number of halogens is 1. The quantitative estimate of drug-likeness (QED) is 0.582. The largest absolute Gasteiger partial charge is 0.469 e. The van der Waals surface area contributed by atoms with Gasteiger partial charge in [0.25, 0.3) is 5.91 Å². The van der Waals surface area contributed by atoms with Crippen LogP contribution in [0.15, 0.2) is 12.1 Å². The molecule has 112 valence electrons. The van der Waals surface area contributed by atoms with Crippen molar-refractivity contribution < 1.29 is 18.7 Å². The van der Waals surface area contributed by atoms with Crippen LogP contribution in [-0.4, -0.2) is 41.5 Å². The van der Waals surface area contributed by atoms with E-state index in [9.17, 15) is 14.0 Å². The van der Waals surface area contributed by atoms with Crippen molar-refractivity contribution in [1.82, 2.24) is 9.88 Å². The highest BCUT2D eigenvalue weighted by Gasteiger charge is 2.38. The number of aryl methyl sites for hydroxylation is 1. The van der Waals surface area contributed by atoms with E-state index in [1.54, 1.807) is 4.90 Å². The molecule has 2 aliphatic heterocycles. The molecule has 0 aromatic carbocycles. The van der Waals surface area contributed by atoms with Gasteiger partial charge in [0.2, 0.25) is 5.95 Å². The van der Waals surface area contributed by atoms with Gasteiger partial charge >= 0.3 is 5.97 Å². The number of amides is 1. The Hall–Kier alpha value is -1.98. The molecule has 0 saturated carbocycles. The maximum Gasteiger partial charge on any atom is 0.310 e. The van der Waals surface area contributed by atoms with Gasteiger partial charge in [0.1, 0.15) is 0 Å². The highest BCUT2D eigenvalue weighted by Crippen LogP contribution is 2.30. The van der Waals surface area contributed by atoms with Gasteiger partial charge in [-0.1, -0.05) is 0 Å². The standard InChI is InChI=1S/C15H17FN2O3/c1-21-15(20)9-2-3-10-4-6-12-11(5-7-13(16)17-12)14(19)18(10)8-9/h5,7,9-10H,2-4,6,8H2,1H3/t9-,10+/m1/s1. The molecule has 1 fully saturated rings. The zero-order chi connectivity index (χ0) is 15.0. The summed E-state index contributed by atoms with van der Waals surface area (Å²) in [5.74, 6) is -1.27. The first kappa shape index (κ1) is 14.0. The molecule has 0 spiro atoms. The molecule has 2 atom stereocenters. The summed E-state index contributed by atoms with van der Waals surface area (Å²) >= 11 is 0. The Morgan fingerprint density at radius 2 is 2.19 bits per heavy atom. The van der Waals surface area contributed by atoms with E-state index >= 15 is 0 Å². The second-order valence-corrected chi connectivity index (χ2v) is 5.58. The Bertz CT molecular complexity index is 590. The number of fused-ring (bicyclic) bond motifs is 2. The molecular formula is C15H17FN2O3. The fraction of sp³-hybridized carbons (Fsp3) is 0.533. The van der Waals surface area contributed by atoms with Gasteiger partial charge in [0, 0.05) is 12.6 Å². The van der Waals surface area contributed by atoms with Crippen LogP contribution >= 0.6 is 0 Å². The van der Waals surface area contributed by atoms with Crippen molar-refractivity contribution in [3.05, 3.63) is 29.3 Å². The number of carbonyl (C=O) groups excluding carboxylic acids is 2. The van der Waals surface area contributed by atoms with Crippen LogP contribution in [0.25, 0.3) is 0 Å². The fourth-order valence-corrected chi connectivity index (χ4v) is 3.25. The van der Waals surface area contributed by atoms with Crippen molar-refractivity contribution in [3.8, 4) is 0 Å². The number of methoxy groups -OCH3 is 1. The van der Waals surface area contributed by atoms with E-state index in [0.29, 0.717) is 24.2 Å². The molecule has 0 unspecified atom stereocenters. The Kier molecular flexibility index (Phi) is 3.61.